The number of benzene rings is 1. The van der Waals surface area contributed by atoms with Crippen LogP contribution in [0.3, 0.4) is 0 Å². The third kappa shape index (κ3) is 3.14. The van der Waals surface area contributed by atoms with Crippen LogP contribution in [-0.2, 0) is 10.2 Å². The van der Waals surface area contributed by atoms with Crippen molar-refractivity contribution in [2.24, 2.45) is 0 Å². The fraction of sp³-hybridized carbons (Fsp3) is 0.588. The van der Waals surface area contributed by atoms with Crippen LogP contribution in [-0.4, -0.2) is 59.6 Å². The molecular formula is C17H23ClN2O2. The lowest BCUT2D eigenvalue weighted by atomic mass is 9.94. The summed E-state index contributed by atoms with van der Waals surface area (Å²) in [4.78, 5) is 17.1. The average Bonchev–Trinajstić information content (AvgIpc) is 3.28. The number of carbonyl (C=O) groups excluding carboxylic acids is 1. The number of piperazine rings is 1. The molecule has 1 heterocycles. The van der Waals surface area contributed by atoms with Crippen molar-refractivity contribution in [2.45, 2.75) is 31.3 Å². The Morgan fingerprint density at radius 3 is 2.55 bits per heavy atom. The molecule has 1 amide bonds. The Kier molecular flexibility index (Phi) is 4.44. The van der Waals surface area contributed by atoms with E-state index in [1.165, 1.54) is 0 Å². The summed E-state index contributed by atoms with van der Waals surface area (Å²) in [5.74, 6) is 0.242. The molecule has 4 nitrogen and oxygen atoms in total. The Hall–Kier alpha value is -1.10. The van der Waals surface area contributed by atoms with E-state index < -0.39 is 0 Å². The molecule has 5 heteroatoms. The first-order valence-electron chi connectivity index (χ1n) is 7.97. The summed E-state index contributed by atoms with van der Waals surface area (Å²) in [5, 5.41) is 10.2. The molecule has 1 saturated heterocycles. The molecule has 120 valence electrons. The molecule has 1 aromatic rings. The minimum atomic E-state index is -0.336. The highest BCUT2D eigenvalue weighted by atomic mass is 35.5. The maximum Gasteiger partial charge on any atom is 0.233 e. The van der Waals surface area contributed by atoms with Crippen LogP contribution in [0.4, 0.5) is 0 Å². The topological polar surface area (TPSA) is 43.8 Å². The molecule has 2 aliphatic rings. The van der Waals surface area contributed by atoms with Crippen LogP contribution in [0.15, 0.2) is 24.3 Å². The second-order valence-electron chi connectivity index (χ2n) is 6.53. The van der Waals surface area contributed by atoms with Crippen molar-refractivity contribution in [3.63, 3.8) is 0 Å². The molecule has 0 aromatic heterocycles. The van der Waals surface area contributed by atoms with Crippen molar-refractivity contribution >= 4 is 17.5 Å². The van der Waals surface area contributed by atoms with Crippen LogP contribution in [0.25, 0.3) is 0 Å². The Balaban J connectivity index is 1.65. The minimum absolute atomic E-state index is 0.242. The third-order valence-electron chi connectivity index (χ3n) is 4.72. The average molecular weight is 323 g/mol. The third-order valence-corrected chi connectivity index (χ3v) is 4.95. The zero-order valence-electron chi connectivity index (χ0n) is 13.0. The highest BCUT2D eigenvalue weighted by molar-refractivity contribution is 6.30. The normalized spacial score (nSPS) is 22.4. The highest BCUT2D eigenvalue weighted by Gasteiger charge is 2.53. The van der Waals surface area contributed by atoms with Crippen LogP contribution in [0.1, 0.15) is 25.3 Å². The van der Waals surface area contributed by atoms with Crippen LogP contribution in [0.2, 0.25) is 5.02 Å². The van der Waals surface area contributed by atoms with Crippen LogP contribution >= 0.6 is 11.6 Å². The van der Waals surface area contributed by atoms with Gasteiger partial charge in [0.1, 0.15) is 0 Å². The van der Waals surface area contributed by atoms with Crippen molar-refractivity contribution in [1.82, 2.24) is 9.80 Å². The summed E-state index contributed by atoms with van der Waals surface area (Å²) < 4.78 is 0. The molecule has 0 bridgehead atoms. The van der Waals surface area contributed by atoms with Crippen molar-refractivity contribution in [1.29, 1.82) is 0 Å². The van der Waals surface area contributed by atoms with Gasteiger partial charge in [-0.1, -0.05) is 23.7 Å². The standard InChI is InChI=1S/C17H23ClN2O2/c1-13(21)12-19-7-9-20(10-8-19)16(22)17(5-6-17)14-3-2-4-15(18)11-14/h2-4,11,13,21H,5-10,12H2,1H3/t13-/m0/s1. The number of hydrogen-bond donors (Lipinski definition) is 1. The maximum atomic E-state index is 12.9. The van der Waals surface area contributed by atoms with E-state index in [9.17, 15) is 9.90 Å². The first kappa shape index (κ1) is 15.8. The predicted octanol–water partition coefficient (Wildman–Crippen LogP) is 1.90. The van der Waals surface area contributed by atoms with Gasteiger partial charge in [-0.25, -0.2) is 0 Å². The lowest BCUT2D eigenvalue weighted by molar-refractivity contribution is -0.135. The van der Waals surface area contributed by atoms with E-state index in [1.54, 1.807) is 6.92 Å². The fourth-order valence-corrected chi connectivity index (χ4v) is 3.54. The quantitative estimate of drug-likeness (QED) is 0.920. The summed E-state index contributed by atoms with van der Waals surface area (Å²) in [5.41, 5.74) is 0.716. The molecule has 1 N–H and O–H groups in total. The Morgan fingerprint density at radius 1 is 1.32 bits per heavy atom. The molecule has 3 rings (SSSR count). The van der Waals surface area contributed by atoms with Crippen LogP contribution in [0.5, 0.6) is 0 Å². The van der Waals surface area contributed by atoms with Gasteiger partial charge in [-0.3, -0.25) is 9.69 Å². The smallest absolute Gasteiger partial charge is 0.233 e. The molecule has 1 atom stereocenters. The van der Waals surface area contributed by atoms with Gasteiger partial charge in [0.05, 0.1) is 11.5 Å². The SMILES string of the molecule is C[C@H](O)CN1CCN(C(=O)C2(c3cccc(Cl)c3)CC2)CC1. The lowest BCUT2D eigenvalue weighted by Gasteiger charge is -2.37. The van der Waals surface area contributed by atoms with E-state index in [4.69, 9.17) is 11.6 Å². The largest absolute Gasteiger partial charge is 0.392 e. The van der Waals surface area contributed by atoms with E-state index in [0.717, 1.165) is 44.6 Å². The number of hydrogen-bond acceptors (Lipinski definition) is 3. The molecule has 1 saturated carbocycles. The molecule has 0 radical (unpaired) electrons. The number of β-amino-alcohol motifs (C(OH)–C–C–N with tert-alkyl or cyclic N) is 1. The van der Waals surface area contributed by atoms with Gasteiger partial charge in [0.2, 0.25) is 5.91 Å². The first-order chi connectivity index (χ1) is 10.5. The number of aliphatic hydroxyl groups excluding tert-OH is 1. The Bertz CT molecular complexity index is 549. The molecule has 0 spiro atoms. The number of rotatable bonds is 4. The fourth-order valence-electron chi connectivity index (χ4n) is 3.35. The number of carbonyl (C=O) groups is 1. The van der Waals surface area contributed by atoms with Crippen molar-refractivity contribution in [3.8, 4) is 0 Å². The van der Waals surface area contributed by atoms with Gasteiger partial charge in [0.15, 0.2) is 0 Å². The highest BCUT2D eigenvalue weighted by Crippen LogP contribution is 2.50. The zero-order valence-corrected chi connectivity index (χ0v) is 13.7. The number of aliphatic hydroxyl groups is 1. The van der Waals surface area contributed by atoms with Crippen molar-refractivity contribution in [2.75, 3.05) is 32.7 Å². The summed E-state index contributed by atoms with van der Waals surface area (Å²) in [6.45, 7) is 5.64. The summed E-state index contributed by atoms with van der Waals surface area (Å²) in [6, 6.07) is 7.71. The van der Waals surface area contributed by atoms with E-state index in [1.807, 2.05) is 29.2 Å². The molecule has 2 fully saturated rings. The van der Waals surface area contributed by atoms with E-state index in [2.05, 4.69) is 4.90 Å². The molecule has 22 heavy (non-hydrogen) atoms. The van der Waals surface area contributed by atoms with E-state index >= 15 is 0 Å². The van der Waals surface area contributed by atoms with Crippen molar-refractivity contribution in [3.05, 3.63) is 34.9 Å². The van der Waals surface area contributed by atoms with Crippen LogP contribution < -0.4 is 0 Å². The second-order valence-corrected chi connectivity index (χ2v) is 6.97. The van der Waals surface area contributed by atoms with E-state index in [0.29, 0.717) is 11.6 Å². The van der Waals surface area contributed by atoms with Gasteiger partial charge in [-0.2, -0.15) is 0 Å². The van der Waals surface area contributed by atoms with Gasteiger partial charge in [-0.15, -0.1) is 0 Å². The van der Waals surface area contributed by atoms with Crippen molar-refractivity contribution < 1.29 is 9.90 Å². The number of halogens is 1. The van der Waals surface area contributed by atoms with Gasteiger partial charge < -0.3 is 10.0 Å². The summed E-state index contributed by atoms with van der Waals surface area (Å²) in [6.07, 6.45) is 1.52. The zero-order chi connectivity index (χ0) is 15.7. The Labute approximate surface area is 136 Å². The van der Waals surface area contributed by atoms with Gasteiger partial charge in [0.25, 0.3) is 0 Å². The van der Waals surface area contributed by atoms with E-state index in [-0.39, 0.29) is 17.4 Å². The molecule has 1 aromatic carbocycles. The number of nitrogens with zero attached hydrogens (tertiary/aromatic N) is 2. The molecular weight excluding hydrogens is 300 g/mol. The molecule has 1 aliphatic heterocycles. The maximum absolute atomic E-state index is 12.9. The Morgan fingerprint density at radius 2 is 2.00 bits per heavy atom. The monoisotopic (exact) mass is 322 g/mol. The van der Waals surface area contributed by atoms with Crippen LogP contribution in [0, 0.1) is 0 Å². The molecule has 1 aliphatic carbocycles. The molecule has 0 unspecified atom stereocenters. The second kappa shape index (κ2) is 6.19. The number of amides is 1. The van der Waals surface area contributed by atoms with Gasteiger partial charge in [-0.05, 0) is 37.5 Å². The lowest BCUT2D eigenvalue weighted by Crippen LogP contribution is -2.52. The first-order valence-corrected chi connectivity index (χ1v) is 8.35. The van der Waals surface area contributed by atoms with Gasteiger partial charge >= 0.3 is 0 Å². The predicted molar refractivity (Wildman–Crippen MR) is 87.1 cm³/mol. The van der Waals surface area contributed by atoms with Gasteiger partial charge in [0, 0.05) is 37.7 Å². The minimum Gasteiger partial charge on any atom is -0.392 e. The summed E-state index contributed by atoms with van der Waals surface area (Å²) in [7, 11) is 0. The summed E-state index contributed by atoms with van der Waals surface area (Å²) >= 11 is 6.08.